The molecule has 0 radical (unpaired) electrons. The number of methoxy groups -OCH3 is 1. The van der Waals surface area contributed by atoms with Crippen LogP contribution in [0.3, 0.4) is 0 Å². The van der Waals surface area contributed by atoms with Crippen molar-refractivity contribution in [2.75, 3.05) is 7.11 Å². The summed E-state index contributed by atoms with van der Waals surface area (Å²) in [6.45, 7) is 2.12. The summed E-state index contributed by atoms with van der Waals surface area (Å²) in [6.07, 6.45) is 2.97. The molecule has 1 N–H and O–H groups in total. The molecule has 0 saturated heterocycles. The summed E-state index contributed by atoms with van der Waals surface area (Å²) in [5.74, 6) is 7.42. The first-order chi connectivity index (χ1) is 11.7. The van der Waals surface area contributed by atoms with Gasteiger partial charge in [-0.2, -0.15) is 4.98 Å². The van der Waals surface area contributed by atoms with Crippen molar-refractivity contribution in [2.45, 2.75) is 26.2 Å². The standard InChI is InChI=1S/C17H16ClN5O/c1-3-4-5-6-9-12-20-15(18)14-17(21-12)23-16(22-14)11-8-7-10-13(19-11)24-2/h7-8,10H,3-5H2,1-2H3,(H,20,21,22,23). The molecule has 0 aromatic carbocycles. The van der Waals surface area contributed by atoms with Gasteiger partial charge >= 0.3 is 0 Å². The van der Waals surface area contributed by atoms with Crippen LogP contribution < -0.4 is 4.74 Å². The molecule has 0 aliphatic carbocycles. The maximum Gasteiger partial charge on any atom is 0.213 e. The van der Waals surface area contributed by atoms with E-state index in [1.54, 1.807) is 13.2 Å². The van der Waals surface area contributed by atoms with Gasteiger partial charge in [-0.05, 0) is 18.4 Å². The van der Waals surface area contributed by atoms with Crippen LogP contribution in [0.1, 0.15) is 32.0 Å². The van der Waals surface area contributed by atoms with Gasteiger partial charge in [-0.15, -0.1) is 0 Å². The van der Waals surface area contributed by atoms with Crippen LogP contribution in [0.5, 0.6) is 5.88 Å². The molecule has 0 fully saturated rings. The number of H-pyrrole nitrogens is 1. The summed E-state index contributed by atoms with van der Waals surface area (Å²) in [7, 11) is 1.57. The third-order valence-corrected chi connectivity index (χ3v) is 3.61. The van der Waals surface area contributed by atoms with Crippen molar-refractivity contribution in [2.24, 2.45) is 0 Å². The molecule has 7 heteroatoms. The highest BCUT2D eigenvalue weighted by atomic mass is 35.5. The maximum atomic E-state index is 6.23. The van der Waals surface area contributed by atoms with E-state index >= 15 is 0 Å². The van der Waals surface area contributed by atoms with Gasteiger partial charge in [0.1, 0.15) is 11.2 Å². The van der Waals surface area contributed by atoms with Crippen molar-refractivity contribution >= 4 is 22.8 Å². The number of hydrogen-bond donors (Lipinski definition) is 1. The molecule has 0 saturated carbocycles. The smallest absolute Gasteiger partial charge is 0.213 e. The van der Waals surface area contributed by atoms with Crippen LogP contribution >= 0.6 is 11.6 Å². The van der Waals surface area contributed by atoms with Crippen LogP contribution in [0.15, 0.2) is 18.2 Å². The van der Waals surface area contributed by atoms with Gasteiger partial charge < -0.3 is 9.72 Å². The Morgan fingerprint density at radius 2 is 2.08 bits per heavy atom. The van der Waals surface area contributed by atoms with E-state index in [1.165, 1.54) is 0 Å². The number of fused-ring (bicyclic) bond motifs is 1. The van der Waals surface area contributed by atoms with Crippen LogP contribution in [0.4, 0.5) is 0 Å². The zero-order valence-electron chi connectivity index (χ0n) is 13.4. The Balaban J connectivity index is 1.98. The minimum atomic E-state index is 0.293. The fourth-order valence-electron chi connectivity index (χ4n) is 2.11. The molecule has 6 nitrogen and oxygen atoms in total. The number of imidazole rings is 1. The lowest BCUT2D eigenvalue weighted by Crippen LogP contribution is -1.91. The number of nitrogens with zero attached hydrogens (tertiary/aromatic N) is 4. The second-order valence-corrected chi connectivity index (χ2v) is 5.45. The number of rotatable bonds is 4. The summed E-state index contributed by atoms with van der Waals surface area (Å²) in [5, 5.41) is 0.293. The second-order valence-electron chi connectivity index (χ2n) is 5.09. The molecule has 0 aliphatic heterocycles. The minimum absolute atomic E-state index is 0.293. The lowest BCUT2D eigenvalue weighted by molar-refractivity contribution is 0.398. The van der Waals surface area contributed by atoms with Gasteiger partial charge in [0.25, 0.3) is 0 Å². The Morgan fingerprint density at radius 1 is 1.21 bits per heavy atom. The van der Waals surface area contributed by atoms with Crippen LogP contribution in [0.2, 0.25) is 5.15 Å². The summed E-state index contributed by atoms with van der Waals surface area (Å²) in [5.41, 5.74) is 1.67. The highest BCUT2D eigenvalue weighted by molar-refractivity contribution is 6.33. The van der Waals surface area contributed by atoms with E-state index in [1.807, 2.05) is 12.1 Å². The van der Waals surface area contributed by atoms with Gasteiger partial charge in [-0.3, -0.25) is 0 Å². The molecule has 0 bridgehead atoms. The molecule has 0 spiro atoms. The largest absolute Gasteiger partial charge is 0.481 e. The predicted molar refractivity (Wildman–Crippen MR) is 92.9 cm³/mol. The first-order valence-electron chi connectivity index (χ1n) is 7.64. The van der Waals surface area contributed by atoms with E-state index in [4.69, 9.17) is 16.3 Å². The Labute approximate surface area is 144 Å². The summed E-state index contributed by atoms with van der Waals surface area (Å²) < 4.78 is 5.13. The van der Waals surface area contributed by atoms with Gasteiger partial charge in [-0.1, -0.05) is 36.9 Å². The molecule has 3 heterocycles. The van der Waals surface area contributed by atoms with Crippen molar-refractivity contribution < 1.29 is 4.74 Å². The monoisotopic (exact) mass is 341 g/mol. The number of aromatic nitrogens is 5. The van der Waals surface area contributed by atoms with E-state index in [9.17, 15) is 0 Å². The number of pyridine rings is 1. The number of nitrogens with one attached hydrogen (secondary N) is 1. The molecule has 3 rings (SSSR count). The van der Waals surface area contributed by atoms with E-state index in [-0.39, 0.29) is 0 Å². The number of aromatic amines is 1. The summed E-state index contributed by atoms with van der Waals surface area (Å²) in [6, 6.07) is 5.43. The summed E-state index contributed by atoms with van der Waals surface area (Å²) in [4.78, 5) is 20.4. The van der Waals surface area contributed by atoms with E-state index in [0.717, 1.165) is 19.3 Å². The van der Waals surface area contributed by atoms with Crippen molar-refractivity contribution in [3.63, 3.8) is 0 Å². The first-order valence-corrected chi connectivity index (χ1v) is 8.02. The Morgan fingerprint density at radius 3 is 2.88 bits per heavy atom. The normalized spacial score (nSPS) is 10.5. The number of hydrogen-bond acceptors (Lipinski definition) is 5. The van der Waals surface area contributed by atoms with Crippen LogP contribution in [-0.4, -0.2) is 32.0 Å². The van der Waals surface area contributed by atoms with Crippen molar-refractivity contribution in [1.29, 1.82) is 0 Å². The molecule has 0 amide bonds. The Hall–Kier alpha value is -2.65. The molecule has 3 aromatic rings. The lowest BCUT2D eigenvalue weighted by Gasteiger charge is -1.99. The van der Waals surface area contributed by atoms with Gasteiger partial charge in [0, 0.05) is 12.5 Å². The first kappa shape index (κ1) is 16.2. The van der Waals surface area contributed by atoms with Crippen molar-refractivity contribution in [1.82, 2.24) is 24.9 Å². The van der Waals surface area contributed by atoms with Gasteiger partial charge in [-0.25, -0.2) is 15.0 Å². The molecule has 24 heavy (non-hydrogen) atoms. The molecule has 3 aromatic heterocycles. The maximum absolute atomic E-state index is 6.23. The van der Waals surface area contributed by atoms with Crippen molar-refractivity contribution in [3.05, 3.63) is 29.2 Å². The van der Waals surface area contributed by atoms with Gasteiger partial charge in [0.15, 0.2) is 16.6 Å². The fourth-order valence-corrected chi connectivity index (χ4v) is 2.32. The average Bonchev–Trinajstić information content (AvgIpc) is 3.04. The highest BCUT2D eigenvalue weighted by Crippen LogP contribution is 2.23. The highest BCUT2D eigenvalue weighted by Gasteiger charge is 2.13. The van der Waals surface area contributed by atoms with Gasteiger partial charge in [0.2, 0.25) is 11.7 Å². The van der Waals surface area contributed by atoms with Gasteiger partial charge in [0.05, 0.1) is 7.11 Å². The predicted octanol–water partition coefficient (Wildman–Crippen LogP) is 3.62. The zero-order chi connectivity index (χ0) is 16.9. The molecule has 0 atom stereocenters. The number of halogens is 1. The molecule has 0 aliphatic rings. The van der Waals surface area contributed by atoms with E-state index < -0.39 is 0 Å². The lowest BCUT2D eigenvalue weighted by atomic mass is 10.2. The second kappa shape index (κ2) is 7.28. The molecule has 122 valence electrons. The summed E-state index contributed by atoms with van der Waals surface area (Å²) >= 11 is 6.23. The quantitative estimate of drug-likeness (QED) is 0.445. The third-order valence-electron chi connectivity index (χ3n) is 3.34. The van der Waals surface area contributed by atoms with E-state index in [2.05, 4.69) is 43.7 Å². The minimum Gasteiger partial charge on any atom is -0.481 e. The SMILES string of the molecule is CCCCC#Cc1nc(Cl)c2[nH]c(-c3cccc(OC)n3)nc2n1. The molecular formula is C17H16ClN5O. The Kier molecular flexibility index (Phi) is 4.92. The van der Waals surface area contributed by atoms with Crippen LogP contribution in [0.25, 0.3) is 22.7 Å². The molecule has 0 unspecified atom stereocenters. The van der Waals surface area contributed by atoms with Crippen LogP contribution in [-0.2, 0) is 0 Å². The zero-order valence-corrected chi connectivity index (χ0v) is 14.2. The topological polar surface area (TPSA) is 76.6 Å². The Bertz CT molecular complexity index is 926. The average molecular weight is 342 g/mol. The van der Waals surface area contributed by atoms with E-state index in [0.29, 0.717) is 39.5 Å². The van der Waals surface area contributed by atoms with Crippen molar-refractivity contribution in [3.8, 4) is 29.2 Å². The van der Waals surface area contributed by atoms with Crippen LogP contribution in [0, 0.1) is 11.8 Å². The number of unbranched alkanes of at least 4 members (excludes halogenated alkanes) is 2. The fraction of sp³-hybridized carbons (Fsp3) is 0.294. The molecular weight excluding hydrogens is 326 g/mol. The number of ether oxygens (including phenoxy) is 1. The third kappa shape index (κ3) is 3.47.